The molecule has 0 aliphatic heterocycles. The van der Waals surface area contributed by atoms with Crippen LogP contribution in [0.2, 0.25) is 0 Å². The molecule has 0 aromatic carbocycles. The third-order valence-electron chi connectivity index (χ3n) is 15.1. The molecule has 5 atom stereocenters. The Hall–Kier alpha value is -1.94. The lowest BCUT2D eigenvalue weighted by molar-refractivity contribution is -0.161. The number of esters is 4. The Kier molecular flexibility index (Phi) is 55.9. The Bertz CT molecular complexity index is 1680. The number of unbranched alkanes of at least 4 members (excludes halogenated alkanes) is 32. The van der Waals surface area contributed by atoms with Gasteiger partial charge in [-0.3, -0.25) is 37.3 Å². The summed E-state index contributed by atoms with van der Waals surface area (Å²) in [4.78, 5) is 72.2. The summed E-state index contributed by atoms with van der Waals surface area (Å²) < 4.78 is 68.0. The van der Waals surface area contributed by atoms with Crippen molar-refractivity contribution in [2.24, 2.45) is 17.8 Å². The van der Waals surface area contributed by atoms with Crippen molar-refractivity contribution in [3.8, 4) is 0 Å². The number of phosphoric ester groups is 2. The molecule has 0 bridgehead atoms. The maximum Gasteiger partial charge on any atom is 0.472 e. The van der Waals surface area contributed by atoms with E-state index in [1.807, 2.05) is 0 Å². The molecular weight excluding hydrogens is 1130 g/mol. The van der Waals surface area contributed by atoms with Crippen LogP contribution in [0.1, 0.15) is 325 Å². The van der Waals surface area contributed by atoms with Gasteiger partial charge in [-0.1, -0.05) is 273 Å². The highest BCUT2D eigenvalue weighted by atomic mass is 31.2. The SMILES string of the molecule is CCCCCCCCCC(=O)OC[C@H](COP(=O)(O)OC[C@H](O)COP(=O)(O)OC[C@@H](COC(=O)CCCCCCCCCCCCC(C)C)OC(=O)CCCCCCCCCCCCCCC(C)C)OC(=O)CCCCCCCCCC(C)C. The zero-order valence-electron chi connectivity index (χ0n) is 55.1. The normalized spacial score (nSPS) is 14.3. The molecule has 0 aliphatic rings. The number of phosphoric acid groups is 2. The van der Waals surface area contributed by atoms with Gasteiger partial charge in [0.05, 0.1) is 26.4 Å². The van der Waals surface area contributed by atoms with Crippen LogP contribution in [-0.4, -0.2) is 96.7 Å². The van der Waals surface area contributed by atoms with Gasteiger partial charge in [-0.25, -0.2) is 9.13 Å². The van der Waals surface area contributed by atoms with Gasteiger partial charge in [0.15, 0.2) is 12.2 Å². The van der Waals surface area contributed by atoms with Gasteiger partial charge in [0.25, 0.3) is 0 Å². The number of aliphatic hydroxyl groups excluding tert-OH is 1. The van der Waals surface area contributed by atoms with E-state index in [-0.39, 0.29) is 25.7 Å². The van der Waals surface area contributed by atoms with E-state index >= 15 is 0 Å². The van der Waals surface area contributed by atoms with Crippen molar-refractivity contribution < 1.29 is 80.2 Å². The van der Waals surface area contributed by atoms with E-state index in [2.05, 4.69) is 48.5 Å². The van der Waals surface area contributed by atoms with Crippen LogP contribution >= 0.6 is 15.6 Å². The van der Waals surface area contributed by atoms with Crippen LogP contribution < -0.4 is 0 Å². The van der Waals surface area contributed by atoms with Crippen LogP contribution in [0.25, 0.3) is 0 Å². The van der Waals surface area contributed by atoms with E-state index in [1.165, 1.54) is 122 Å². The predicted molar refractivity (Wildman–Crippen MR) is 340 cm³/mol. The van der Waals surface area contributed by atoms with Gasteiger partial charge in [-0.2, -0.15) is 0 Å². The van der Waals surface area contributed by atoms with Crippen LogP contribution in [-0.2, 0) is 65.4 Å². The molecule has 85 heavy (non-hydrogen) atoms. The Morgan fingerprint density at radius 1 is 0.318 bits per heavy atom. The van der Waals surface area contributed by atoms with Crippen molar-refractivity contribution in [3.05, 3.63) is 0 Å². The van der Waals surface area contributed by atoms with Gasteiger partial charge in [0, 0.05) is 25.7 Å². The highest BCUT2D eigenvalue weighted by Crippen LogP contribution is 2.45. The number of aliphatic hydroxyl groups is 1. The fourth-order valence-electron chi connectivity index (χ4n) is 9.83. The summed E-state index contributed by atoms with van der Waals surface area (Å²) in [6.45, 7) is 11.7. The van der Waals surface area contributed by atoms with E-state index in [4.69, 9.17) is 37.0 Å². The number of hydrogen-bond acceptors (Lipinski definition) is 15. The number of carbonyl (C=O) groups is 4. The molecule has 0 fully saturated rings. The first-order valence-electron chi connectivity index (χ1n) is 34.3. The highest BCUT2D eigenvalue weighted by Gasteiger charge is 2.30. The molecule has 0 saturated heterocycles. The Labute approximate surface area is 517 Å². The average molecular weight is 1260 g/mol. The molecule has 19 heteroatoms. The number of ether oxygens (including phenoxy) is 4. The summed E-state index contributed by atoms with van der Waals surface area (Å²) in [5.74, 6) is 0.0932. The van der Waals surface area contributed by atoms with Crippen LogP contribution in [0.15, 0.2) is 0 Å². The fraction of sp³-hybridized carbons (Fsp3) is 0.939. The summed E-state index contributed by atoms with van der Waals surface area (Å²) in [6.07, 6.45) is 39.1. The van der Waals surface area contributed by atoms with Crippen molar-refractivity contribution in [1.29, 1.82) is 0 Å². The first-order valence-corrected chi connectivity index (χ1v) is 37.3. The van der Waals surface area contributed by atoms with Gasteiger partial charge in [0.2, 0.25) is 0 Å². The van der Waals surface area contributed by atoms with Crippen molar-refractivity contribution >= 4 is 39.5 Å². The summed E-state index contributed by atoms with van der Waals surface area (Å²) >= 11 is 0. The minimum absolute atomic E-state index is 0.103. The monoisotopic (exact) mass is 1250 g/mol. The molecule has 0 saturated carbocycles. The highest BCUT2D eigenvalue weighted by molar-refractivity contribution is 7.47. The Morgan fingerprint density at radius 3 is 0.800 bits per heavy atom. The van der Waals surface area contributed by atoms with Gasteiger partial charge in [-0.15, -0.1) is 0 Å². The van der Waals surface area contributed by atoms with Crippen LogP contribution in [0.3, 0.4) is 0 Å². The van der Waals surface area contributed by atoms with Crippen LogP contribution in [0, 0.1) is 17.8 Å². The standard InChI is InChI=1S/C66H128O17P2/c1-8-9-10-11-23-33-40-47-63(68)76-53-61(83-66(71)50-43-36-29-22-26-32-39-46-59(6)7)55-80-84(72,73)78-51-60(67)52-79-85(74,75)81-56-62(54-77-64(69)48-41-34-27-20-17-16-19-25-31-38-45-58(4)5)82-65(70)49-42-35-28-21-15-13-12-14-18-24-30-37-44-57(2)3/h57-62,67H,8-56H2,1-7H3,(H,72,73)(H,74,75)/t60-,61+,62+/m0/s1. The first kappa shape index (κ1) is 83.1. The third kappa shape index (κ3) is 60.7. The minimum Gasteiger partial charge on any atom is -0.462 e. The van der Waals surface area contributed by atoms with Crippen molar-refractivity contribution in [2.45, 2.75) is 343 Å². The molecule has 3 N–H and O–H groups in total. The lowest BCUT2D eigenvalue weighted by atomic mass is 10.0. The fourth-order valence-corrected chi connectivity index (χ4v) is 11.4. The Balaban J connectivity index is 5.22. The second kappa shape index (κ2) is 57.2. The minimum atomic E-state index is -4.95. The summed E-state index contributed by atoms with van der Waals surface area (Å²) in [7, 11) is -9.89. The molecule has 0 aromatic rings. The quantitative estimate of drug-likeness (QED) is 0.0222. The average Bonchev–Trinajstić information content (AvgIpc) is 3.48. The smallest absolute Gasteiger partial charge is 0.462 e. The molecular formula is C66H128O17P2. The van der Waals surface area contributed by atoms with Crippen molar-refractivity contribution in [1.82, 2.24) is 0 Å². The van der Waals surface area contributed by atoms with E-state index in [9.17, 15) is 43.2 Å². The summed E-state index contributed by atoms with van der Waals surface area (Å²) in [5, 5.41) is 10.5. The number of hydrogen-bond donors (Lipinski definition) is 3. The Morgan fingerprint density at radius 2 is 0.541 bits per heavy atom. The van der Waals surface area contributed by atoms with Crippen LogP contribution in [0.5, 0.6) is 0 Å². The van der Waals surface area contributed by atoms with E-state index in [0.29, 0.717) is 31.6 Å². The van der Waals surface area contributed by atoms with Gasteiger partial charge < -0.3 is 33.8 Å². The molecule has 0 aromatic heterocycles. The molecule has 0 heterocycles. The third-order valence-corrected chi connectivity index (χ3v) is 17.0. The molecule has 0 aliphatic carbocycles. The summed E-state index contributed by atoms with van der Waals surface area (Å²) in [6, 6.07) is 0. The molecule has 2 unspecified atom stereocenters. The maximum absolute atomic E-state index is 13.0. The molecule has 504 valence electrons. The number of carbonyl (C=O) groups excluding carboxylic acids is 4. The lowest BCUT2D eigenvalue weighted by Gasteiger charge is -2.21. The molecule has 0 spiro atoms. The number of rotatable bonds is 64. The molecule has 17 nitrogen and oxygen atoms in total. The van der Waals surface area contributed by atoms with E-state index in [1.54, 1.807) is 0 Å². The maximum atomic E-state index is 13.0. The van der Waals surface area contributed by atoms with E-state index < -0.39 is 97.5 Å². The topological polar surface area (TPSA) is 237 Å². The van der Waals surface area contributed by atoms with Gasteiger partial charge >= 0.3 is 39.5 Å². The van der Waals surface area contributed by atoms with E-state index in [0.717, 1.165) is 115 Å². The predicted octanol–water partition coefficient (Wildman–Crippen LogP) is 18.3. The largest absolute Gasteiger partial charge is 0.472 e. The lowest BCUT2D eigenvalue weighted by Crippen LogP contribution is -2.30. The van der Waals surface area contributed by atoms with Crippen LogP contribution in [0.4, 0.5) is 0 Å². The second-order valence-corrected chi connectivity index (χ2v) is 28.2. The summed E-state index contributed by atoms with van der Waals surface area (Å²) in [5.41, 5.74) is 0. The first-order chi connectivity index (χ1) is 40.7. The molecule has 0 amide bonds. The molecule has 0 radical (unpaired) electrons. The van der Waals surface area contributed by atoms with Crippen molar-refractivity contribution in [2.75, 3.05) is 39.6 Å². The molecule has 0 rings (SSSR count). The zero-order chi connectivity index (χ0) is 63.1. The van der Waals surface area contributed by atoms with Gasteiger partial charge in [0.1, 0.15) is 19.3 Å². The second-order valence-electron chi connectivity index (χ2n) is 25.3. The zero-order valence-corrected chi connectivity index (χ0v) is 56.9. The van der Waals surface area contributed by atoms with Gasteiger partial charge in [-0.05, 0) is 43.4 Å². The van der Waals surface area contributed by atoms with Crippen molar-refractivity contribution in [3.63, 3.8) is 0 Å².